The standard InChI is InChI=1S/C15H26N4O/c1-12-9-13(2)11-18(10-12)15(20)14(3)16-6-8-19-7-4-5-17-19/h4-5,7,12-14,16H,6,8-11H2,1-3H3/t12-,13-,14+/m1/s1. The van der Waals surface area contributed by atoms with Crippen LogP contribution in [-0.2, 0) is 11.3 Å². The summed E-state index contributed by atoms with van der Waals surface area (Å²) in [6.45, 7) is 9.75. The zero-order chi connectivity index (χ0) is 14.5. The van der Waals surface area contributed by atoms with Gasteiger partial charge in [0.1, 0.15) is 0 Å². The first-order valence-electron chi connectivity index (χ1n) is 7.56. The fraction of sp³-hybridized carbons (Fsp3) is 0.733. The highest BCUT2D eigenvalue weighted by Gasteiger charge is 2.27. The van der Waals surface area contributed by atoms with E-state index in [1.165, 1.54) is 6.42 Å². The molecule has 0 saturated carbocycles. The van der Waals surface area contributed by atoms with Crippen molar-refractivity contribution in [3.63, 3.8) is 0 Å². The van der Waals surface area contributed by atoms with E-state index in [1.54, 1.807) is 6.20 Å². The molecule has 2 heterocycles. The summed E-state index contributed by atoms with van der Waals surface area (Å²) in [5.41, 5.74) is 0. The molecule has 5 heteroatoms. The van der Waals surface area contributed by atoms with Gasteiger partial charge >= 0.3 is 0 Å². The number of hydrogen-bond acceptors (Lipinski definition) is 3. The predicted octanol–water partition coefficient (Wildman–Crippen LogP) is 1.37. The van der Waals surface area contributed by atoms with E-state index in [0.29, 0.717) is 11.8 Å². The summed E-state index contributed by atoms with van der Waals surface area (Å²) in [7, 11) is 0. The van der Waals surface area contributed by atoms with Gasteiger partial charge in [0.05, 0.1) is 12.6 Å². The Hall–Kier alpha value is -1.36. The molecule has 0 bridgehead atoms. The zero-order valence-corrected chi connectivity index (χ0v) is 12.7. The highest BCUT2D eigenvalue weighted by Crippen LogP contribution is 2.21. The average Bonchev–Trinajstić information content (AvgIpc) is 2.89. The van der Waals surface area contributed by atoms with Gasteiger partial charge in [0.2, 0.25) is 5.91 Å². The number of nitrogens with zero attached hydrogens (tertiary/aromatic N) is 3. The van der Waals surface area contributed by atoms with Gasteiger partial charge in [-0.1, -0.05) is 13.8 Å². The number of rotatable bonds is 5. The normalized spacial score (nSPS) is 24.6. The molecule has 0 spiro atoms. The molecule has 0 aromatic carbocycles. The van der Waals surface area contributed by atoms with E-state index in [9.17, 15) is 4.79 Å². The van der Waals surface area contributed by atoms with Gasteiger partial charge in [-0.3, -0.25) is 9.48 Å². The Morgan fingerprint density at radius 2 is 2.10 bits per heavy atom. The quantitative estimate of drug-likeness (QED) is 0.885. The van der Waals surface area contributed by atoms with E-state index >= 15 is 0 Å². The van der Waals surface area contributed by atoms with Crippen molar-refractivity contribution in [2.24, 2.45) is 11.8 Å². The Bertz CT molecular complexity index is 408. The minimum atomic E-state index is -0.122. The maximum atomic E-state index is 12.4. The Morgan fingerprint density at radius 3 is 2.70 bits per heavy atom. The maximum absolute atomic E-state index is 12.4. The summed E-state index contributed by atoms with van der Waals surface area (Å²) in [4.78, 5) is 14.4. The molecule has 0 aliphatic carbocycles. The fourth-order valence-corrected chi connectivity index (χ4v) is 3.03. The monoisotopic (exact) mass is 278 g/mol. The van der Waals surface area contributed by atoms with E-state index in [2.05, 4.69) is 24.3 Å². The van der Waals surface area contributed by atoms with Gasteiger partial charge in [0, 0.05) is 32.0 Å². The molecule has 20 heavy (non-hydrogen) atoms. The summed E-state index contributed by atoms with van der Waals surface area (Å²) in [6.07, 6.45) is 4.93. The topological polar surface area (TPSA) is 50.2 Å². The van der Waals surface area contributed by atoms with E-state index in [1.807, 2.05) is 28.8 Å². The summed E-state index contributed by atoms with van der Waals surface area (Å²) in [5.74, 6) is 1.45. The highest BCUT2D eigenvalue weighted by atomic mass is 16.2. The van der Waals surface area contributed by atoms with Crippen LogP contribution in [0.15, 0.2) is 18.5 Å². The van der Waals surface area contributed by atoms with Crippen molar-refractivity contribution in [2.45, 2.75) is 39.8 Å². The largest absolute Gasteiger partial charge is 0.341 e. The SMILES string of the molecule is C[C@@H]1C[C@@H](C)CN(C(=O)[C@H](C)NCCn2cccn2)C1. The van der Waals surface area contributed by atoms with Gasteiger partial charge in [-0.25, -0.2) is 0 Å². The van der Waals surface area contributed by atoms with E-state index < -0.39 is 0 Å². The first-order chi connectivity index (χ1) is 9.56. The van der Waals surface area contributed by atoms with Gasteiger partial charge < -0.3 is 10.2 Å². The predicted molar refractivity (Wildman–Crippen MR) is 79.2 cm³/mol. The van der Waals surface area contributed by atoms with Crippen LogP contribution >= 0.6 is 0 Å². The smallest absolute Gasteiger partial charge is 0.239 e. The Labute approximate surface area is 121 Å². The van der Waals surface area contributed by atoms with Gasteiger partial charge in [-0.2, -0.15) is 5.10 Å². The molecule has 1 aliphatic heterocycles. The number of carbonyl (C=O) groups excluding carboxylic acids is 1. The number of piperidine rings is 1. The van der Waals surface area contributed by atoms with Gasteiger partial charge in [0.25, 0.3) is 0 Å². The van der Waals surface area contributed by atoms with Crippen molar-refractivity contribution < 1.29 is 4.79 Å². The molecule has 1 aromatic heterocycles. The fourth-order valence-electron chi connectivity index (χ4n) is 3.03. The lowest BCUT2D eigenvalue weighted by atomic mass is 9.91. The lowest BCUT2D eigenvalue weighted by molar-refractivity contribution is -0.135. The van der Waals surface area contributed by atoms with Crippen LogP contribution < -0.4 is 5.32 Å². The van der Waals surface area contributed by atoms with Crippen molar-refractivity contribution in [3.05, 3.63) is 18.5 Å². The Morgan fingerprint density at radius 1 is 1.40 bits per heavy atom. The van der Waals surface area contributed by atoms with Gasteiger partial charge in [-0.05, 0) is 31.2 Å². The number of carbonyl (C=O) groups is 1. The first-order valence-corrected chi connectivity index (χ1v) is 7.56. The zero-order valence-electron chi connectivity index (χ0n) is 12.7. The van der Waals surface area contributed by atoms with Crippen LogP contribution in [0.2, 0.25) is 0 Å². The van der Waals surface area contributed by atoms with Crippen LogP contribution in [0.25, 0.3) is 0 Å². The Kier molecular flexibility index (Phi) is 5.17. The number of nitrogens with one attached hydrogen (secondary N) is 1. The summed E-state index contributed by atoms with van der Waals surface area (Å²) in [6, 6.07) is 1.79. The molecular weight excluding hydrogens is 252 g/mol. The van der Waals surface area contributed by atoms with Crippen LogP contribution in [0.4, 0.5) is 0 Å². The third kappa shape index (κ3) is 4.07. The second-order valence-electron chi connectivity index (χ2n) is 6.13. The van der Waals surface area contributed by atoms with Crippen LogP contribution in [-0.4, -0.2) is 46.3 Å². The number of amides is 1. The van der Waals surface area contributed by atoms with Crippen molar-refractivity contribution in [3.8, 4) is 0 Å². The molecular formula is C15H26N4O. The summed E-state index contributed by atoms with van der Waals surface area (Å²) >= 11 is 0. The van der Waals surface area contributed by atoms with E-state index in [-0.39, 0.29) is 11.9 Å². The summed E-state index contributed by atoms with van der Waals surface area (Å²) in [5, 5.41) is 7.44. The molecule has 2 rings (SSSR count). The van der Waals surface area contributed by atoms with Crippen LogP contribution in [0.1, 0.15) is 27.2 Å². The lowest BCUT2D eigenvalue weighted by Crippen LogP contribution is -2.50. The molecule has 0 radical (unpaired) electrons. The number of aromatic nitrogens is 2. The number of likely N-dealkylation sites (tertiary alicyclic amines) is 1. The van der Waals surface area contributed by atoms with Crippen LogP contribution in [0.5, 0.6) is 0 Å². The second-order valence-corrected chi connectivity index (χ2v) is 6.13. The Balaban J connectivity index is 1.76. The minimum absolute atomic E-state index is 0.122. The van der Waals surface area contributed by atoms with Crippen molar-refractivity contribution in [1.82, 2.24) is 20.0 Å². The first kappa shape index (κ1) is 15.0. The third-order valence-corrected chi connectivity index (χ3v) is 3.90. The maximum Gasteiger partial charge on any atom is 0.239 e. The van der Waals surface area contributed by atoms with Crippen molar-refractivity contribution in [1.29, 1.82) is 0 Å². The molecule has 112 valence electrons. The van der Waals surface area contributed by atoms with Crippen LogP contribution in [0.3, 0.4) is 0 Å². The average molecular weight is 278 g/mol. The van der Waals surface area contributed by atoms with Gasteiger partial charge in [-0.15, -0.1) is 0 Å². The molecule has 1 aliphatic rings. The third-order valence-electron chi connectivity index (χ3n) is 3.90. The molecule has 3 atom stereocenters. The minimum Gasteiger partial charge on any atom is -0.341 e. The molecule has 1 amide bonds. The van der Waals surface area contributed by atoms with E-state index in [4.69, 9.17) is 0 Å². The molecule has 1 saturated heterocycles. The highest BCUT2D eigenvalue weighted by molar-refractivity contribution is 5.81. The molecule has 5 nitrogen and oxygen atoms in total. The van der Waals surface area contributed by atoms with Crippen LogP contribution in [0, 0.1) is 11.8 Å². The summed E-state index contributed by atoms with van der Waals surface area (Å²) < 4.78 is 1.87. The molecule has 0 unspecified atom stereocenters. The molecule has 1 aromatic rings. The lowest BCUT2D eigenvalue weighted by Gasteiger charge is -2.36. The van der Waals surface area contributed by atoms with E-state index in [0.717, 1.165) is 26.2 Å². The van der Waals surface area contributed by atoms with Crippen molar-refractivity contribution in [2.75, 3.05) is 19.6 Å². The van der Waals surface area contributed by atoms with Gasteiger partial charge in [0.15, 0.2) is 0 Å². The number of hydrogen-bond donors (Lipinski definition) is 1. The second kappa shape index (κ2) is 6.88. The molecule has 1 N–H and O–H groups in total. The van der Waals surface area contributed by atoms with Crippen molar-refractivity contribution >= 4 is 5.91 Å². The molecule has 1 fully saturated rings.